The quantitative estimate of drug-likeness (QED) is 0.722. The molecular weight excluding hydrogens is 248 g/mol. The lowest BCUT2D eigenvalue weighted by Gasteiger charge is -2.22. The van der Waals surface area contributed by atoms with Crippen LogP contribution in [-0.2, 0) is 9.53 Å². The molecule has 3 rings (SSSR count). The Morgan fingerprint density at radius 1 is 1.22 bits per heavy atom. The maximum absolute atomic E-state index is 11.2. The Morgan fingerprint density at radius 3 is 2.67 bits per heavy atom. The van der Waals surface area contributed by atoms with Gasteiger partial charge >= 0.3 is 5.97 Å². The fourth-order valence-electron chi connectivity index (χ4n) is 2.39. The molecule has 0 fully saturated rings. The standard InChI is InChI=1S/C15H11ClO2/c1-9(17)18-14-8-13(16)11-6-2-4-10-5-3-7-12(14)15(10)11/h2-8,14H,1H3. The molecule has 0 aliphatic heterocycles. The molecule has 2 nitrogen and oxygen atoms in total. The molecule has 1 aliphatic rings. The summed E-state index contributed by atoms with van der Waals surface area (Å²) in [5, 5.41) is 2.80. The molecule has 0 saturated heterocycles. The lowest BCUT2D eigenvalue weighted by Crippen LogP contribution is -2.10. The highest BCUT2D eigenvalue weighted by atomic mass is 35.5. The summed E-state index contributed by atoms with van der Waals surface area (Å²) in [6.45, 7) is 1.41. The van der Waals surface area contributed by atoms with Crippen LogP contribution in [0, 0.1) is 0 Å². The van der Waals surface area contributed by atoms with Crippen molar-refractivity contribution in [3.63, 3.8) is 0 Å². The number of carbonyl (C=O) groups is 1. The van der Waals surface area contributed by atoms with Crippen LogP contribution < -0.4 is 0 Å². The van der Waals surface area contributed by atoms with Crippen molar-refractivity contribution in [1.82, 2.24) is 0 Å². The van der Waals surface area contributed by atoms with E-state index in [0.717, 1.165) is 21.9 Å². The van der Waals surface area contributed by atoms with Crippen molar-refractivity contribution >= 4 is 33.4 Å². The summed E-state index contributed by atoms with van der Waals surface area (Å²) in [6, 6.07) is 12.0. The molecule has 18 heavy (non-hydrogen) atoms. The molecule has 0 N–H and O–H groups in total. The van der Waals surface area contributed by atoms with Crippen molar-refractivity contribution in [3.05, 3.63) is 53.6 Å². The fraction of sp³-hybridized carbons (Fsp3) is 0.133. The highest BCUT2D eigenvalue weighted by Crippen LogP contribution is 2.40. The van der Waals surface area contributed by atoms with E-state index in [2.05, 4.69) is 0 Å². The Morgan fingerprint density at radius 2 is 1.94 bits per heavy atom. The molecule has 0 radical (unpaired) electrons. The maximum Gasteiger partial charge on any atom is 0.303 e. The van der Waals surface area contributed by atoms with E-state index in [0.29, 0.717) is 5.03 Å². The maximum atomic E-state index is 11.2. The molecule has 3 heteroatoms. The van der Waals surface area contributed by atoms with Gasteiger partial charge in [0.05, 0.1) is 0 Å². The molecule has 0 bridgehead atoms. The minimum absolute atomic E-state index is 0.308. The van der Waals surface area contributed by atoms with Crippen molar-refractivity contribution in [1.29, 1.82) is 0 Å². The predicted octanol–water partition coefficient (Wildman–Crippen LogP) is 4.04. The average Bonchev–Trinajstić information content (AvgIpc) is 2.34. The number of halogens is 1. The van der Waals surface area contributed by atoms with Crippen LogP contribution in [0.1, 0.15) is 24.2 Å². The van der Waals surface area contributed by atoms with Gasteiger partial charge in [0.25, 0.3) is 0 Å². The number of esters is 1. The van der Waals surface area contributed by atoms with Gasteiger partial charge in [-0.2, -0.15) is 0 Å². The van der Waals surface area contributed by atoms with Gasteiger partial charge in [-0.1, -0.05) is 48.0 Å². The van der Waals surface area contributed by atoms with Crippen LogP contribution in [-0.4, -0.2) is 5.97 Å². The van der Waals surface area contributed by atoms with E-state index < -0.39 is 6.10 Å². The number of ether oxygens (including phenoxy) is 1. The molecule has 0 aromatic heterocycles. The van der Waals surface area contributed by atoms with Crippen LogP contribution >= 0.6 is 11.6 Å². The summed E-state index contributed by atoms with van der Waals surface area (Å²) in [4.78, 5) is 11.2. The lowest BCUT2D eigenvalue weighted by atomic mass is 9.91. The van der Waals surface area contributed by atoms with Crippen LogP contribution in [0.4, 0.5) is 0 Å². The molecule has 1 aliphatic carbocycles. The summed E-state index contributed by atoms with van der Waals surface area (Å²) < 4.78 is 5.31. The summed E-state index contributed by atoms with van der Waals surface area (Å²) >= 11 is 6.26. The molecule has 1 unspecified atom stereocenters. The first kappa shape index (κ1) is 11.3. The first-order valence-corrected chi connectivity index (χ1v) is 6.11. The number of benzene rings is 2. The Labute approximate surface area is 110 Å². The van der Waals surface area contributed by atoms with E-state index in [9.17, 15) is 4.79 Å². The molecule has 0 amide bonds. The number of carbonyl (C=O) groups excluding carboxylic acids is 1. The Hall–Kier alpha value is -1.80. The zero-order chi connectivity index (χ0) is 12.7. The summed E-state index contributed by atoms with van der Waals surface area (Å²) in [5.41, 5.74) is 1.98. The van der Waals surface area contributed by atoms with Crippen LogP contribution in [0.5, 0.6) is 0 Å². The molecular formula is C15H11ClO2. The van der Waals surface area contributed by atoms with Crippen LogP contribution in [0.3, 0.4) is 0 Å². The van der Waals surface area contributed by atoms with E-state index in [-0.39, 0.29) is 5.97 Å². The highest BCUT2D eigenvalue weighted by molar-refractivity contribution is 6.50. The number of hydrogen-bond acceptors (Lipinski definition) is 2. The minimum atomic E-state index is -0.395. The summed E-state index contributed by atoms with van der Waals surface area (Å²) in [7, 11) is 0. The zero-order valence-electron chi connectivity index (χ0n) is 9.81. The van der Waals surface area contributed by atoms with E-state index in [4.69, 9.17) is 16.3 Å². The zero-order valence-corrected chi connectivity index (χ0v) is 10.6. The second-order valence-corrected chi connectivity index (χ2v) is 4.70. The molecule has 0 spiro atoms. The van der Waals surface area contributed by atoms with Gasteiger partial charge in [0, 0.05) is 23.1 Å². The van der Waals surface area contributed by atoms with Gasteiger partial charge in [-0.05, 0) is 16.8 Å². The van der Waals surface area contributed by atoms with Gasteiger partial charge in [0.1, 0.15) is 6.10 Å². The number of rotatable bonds is 1. The summed E-state index contributed by atoms with van der Waals surface area (Å²) in [6.07, 6.45) is 1.38. The van der Waals surface area contributed by atoms with Gasteiger partial charge in [0.15, 0.2) is 0 Å². The third-order valence-corrected chi connectivity index (χ3v) is 3.42. The first-order chi connectivity index (χ1) is 8.66. The predicted molar refractivity (Wildman–Crippen MR) is 72.3 cm³/mol. The average molecular weight is 259 g/mol. The second-order valence-electron chi connectivity index (χ2n) is 4.30. The van der Waals surface area contributed by atoms with Crippen molar-refractivity contribution in [2.45, 2.75) is 13.0 Å². The van der Waals surface area contributed by atoms with Crippen molar-refractivity contribution in [2.24, 2.45) is 0 Å². The largest absolute Gasteiger partial charge is 0.453 e. The van der Waals surface area contributed by atoms with E-state index >= 15 is 0 Å². The van der Waals surface area contributed by atoms with Crippen molar-refractivity contribution in [2.75, 3.05) is 0 Å². The fourth-order valence-corrected chi connectivity index (χ4v) is 2.67. The smallest absolute Gasteiger partial charge is 0.303 e. The highest BCUT2D eigenvalue weighted by Gasteiger charge is 2.23. The van der Waals surface area contributed by atoms with E-state index in [1.54, 1.807) is 6.08 Å². The van der Waals surface area contributed by atoms with E-state index in [1.807, 2.05) is 36.4 Å². The van der Waals surface area contributed by atoms with E-state index in [1.165, 1.54) is 6.92 Å². The topological polar surface area (TPSA) is 26.3 Å². The third kappa shape index (κ3) is 1.70. The normalized spacial score (nSPS) is 17.4. The monoisotopic (exact) mass is 258 g/mol. The Balaban J connectivity index is 2.28. The Bertz CT molecular complexity index is 668. The first-order valence-electron chi connectivity index (χ1n) is 5.73. The lowest BCUT2D eigenvalue weighted by molar-refractivity contribution is -0.144. The SMILES string of the molecule is CC(=O)OC1C=C(Cl)c2cccc3cccc1c23. The molecule has 90 valence electrons. The molecule has 1 atom stereocenters. The van der Waals surface area contributed by atoms with Gasteiger partial charge in [-0.3, -0.25) is 4.79 Å². The van der Waals surface area contributed by atoms with Gasteiger partial charge in [0.2, 0.25) is 0 Å². The molecule has 2 aromatic carbocycles. The van der Waals surface area contributed by atoms with Gasteiger partial charge < -0.3 is 4.74 Å². The molecule has 0 heterocycles. The van der Waals surface area contributed by atoms with Crippen molar-refractivity contribution in [3.8, 4) is 0 Å². The van der Waals surface area contributed by atoms with Gasteiger partial charge in [-0.25, -0.2) is 0 Å². The van der Waals surface area contributed by atoms with Gasteiger partial charge in [-0.15, -0.1) is 0 Å². The minimum Gasteiger partial charge on any atom is -0.453 e. The third-order valence-electron chi connectivity index (χ3n) is 3.09. The van der Waals surface area contributed by atoms with Crippen molar-refractivity contribution < 1.29 is 9.53 Å². The van der Waals surface area contributed by atoms with Crippen LogP contribution in [0.2, 0.25) is 0 Å². The summed E-state index contributed by atoms with van der Waals surface area (Å²) in [5.74, 6) is -0.308. The van der Waals surface area contributed by atoms with Crippen LogP contribution in [0.15, 0.2) is 42.5 Å². The second kappa shape index (κ2) is 4.14. The molecule has 2 aromatic rings. The number of hydrogen-bond donors (Lipinski definition) is 0. The Kier molecular flexibility index (Phi) is 2.60. The molecule has 0 saturated carbocycles. The van der Waals surface area contributed by atoms with Crippen LogP contribution in [0.25, 0.3) is 15.8 Å².